The molecule has 0 aliphatic rings. The molecule has 0 saturated carbocycles. The molecule has 0 fully saturated rings. The molecule has 0 radical (unpaired) electrons. The number of nitrogens with zero attached hydrogens (tertiary/aromatic N) is 6. The van der Waals surface area contributed by atoms with E-state index in [4.69, 9.17) is 9.47 Å². The van der Waals surface area contributed by atoms with Gasteiger partial charge in [-0.3, -0.25) is 4.57 Å². The van der Waals surface area contributed by atoms with Crippen LogP contribution in [0.3, 0.4) is 0 Å². The minimum atomic E-state index is 0.510. The maximum absolute atomic E-state index is 5.50. The molecular weight excluding hydrogens is 368 g/mol. The van der Waals surface area contributed by atoms with Crippen LogP contribution in [0.25, 0.3) is 27.9 Å². The van der Waals surface area contributed by atoms with E-state index in [-0.39, 0.29) is 0 Å². The maximum atomic E-state index is 5.50. The molecule has 0 aliphatic carbocycles. The lowest BCUT2D eigenvalue weighted by Gasteiger charge is -2.10. The van der Waals surface area contributed by atoms with Crippen LogP contribution in [0.2, 0.25) is 0 Å². The van der Waals surface area contributed by atoms with Crippen LogP contribution in [0, 0.1) is 0 Å². The average Bonchev–Trinajstić information content (AvgIpc) is 3.35. The summed E-state index contributed by atoms with van der Waals surface area (Å²) in [4.78, 5) is 17.6. The van der Waals surface area contributed by atoms with Gasteiger partial charge in [-0.05, 0) is 17.7 Å². The van der Waals surface area contributed by atoms with Crippen molar-refractivity contribution in [3.63, 3.8) is 0 Å². The van der Waals surface area contributed by atoms with Gasteiger partial charge < -0.3 is 14.0 Å². The highest BCUT2D eigenvalue weighted by atomic mass is 16.5. The fourth-order valence-corrected chi connectivity index (χ4v) is 3.49. The Labute approximate surface area is 166 Å². The summed E-state index contributed by atoms with van der Waals surface area (Å²) in [6.07, 6.45) is 5.19. The van der Waals surface area contributed by atoms with E-state index >= 15 is 0 Å². The minimum absolute atomic E-state index is 0.510. The number of pyridine rings is 1. The van der Waals surface area contributed by atoms with Crippen LogP contribution in [0.4, 0.5) is 0 Å². The average molecular weight is 386 g/mol. The summed E-state index contributed by atoms with van der Waals surface area (Å²) < 4.78 is 14.9. The Bertz CT molecular complexity index is 1310. The minimum Gasteiger partial charge on any atom is -0.479 e. The van der Waals surface area contributed by atoms with Gasteiger partial charge in [-0.2, -0.15) is 9.97 Å². The Morgan fingerprint density at radius 3 is 2.62 bits per heavy atom. The standard InChI is InChI=1S/C21H18N6O2/c1-28-20-18-16(23-13-24-20)8-9-26(18)15-10-17-19(22-11-15)25-21(29-2)27(17)12-14-6-4-3-5-7-14/h3-11,13H,12H2,1-2H3. The first-order valence-electron chi connectivity index (χ1n) is 9.09. The lowest BCUT2D eigenvalue weighted by atomic mass is 10.2. The highest BCUT2D eigenvalue weighted by molar-refractivity contribution is 5.83. The number of aromatic nitrogens is 6. The molecule has 4 heterocycles. The van der Waals surface area contributed by atoms with Crippen molar-refractivity contribution in [3.8, 4) is 17.6 Å². The van der Waals surface area contributed by atoms with E-state index in [2.05, 4.69) is 32.1 Å². The molecule has 5 aromatic rings. The third kappa shape index (κ3) is 2.85. The number of benzene rings is 1. The summed E-state index contributed by atoms with van der Waals surface area (Å²) in [5.74, 6) is 0.510. The predicted molar refractivity (Wildman–Crippen MR) is 109 cm³/mol. The molecule has 4 aromatic heterocycles. The number of fused-ring (bicyclic) bond motifs is 2. The molecule has 0 unspecified atom stereocenters. The fourth-order valence-electron chi connectivity index (χ4n) is 3.49. The molecule has 0 aliphatic heterocycles. The van der Waals surface area contributed by atoms with Crippen LogP contribution in [0.1, 0.15) is 5.56 Å². The van der Waals surface area contributed by atoms with Crippen molar-refractivity contribution in [3.05, 3.63) is 66.7 Å². The van der Waals surface area contributed by atoms with E-state index in [1.807, 2.05) is 45.7 Å². The molecule has 144 valence electrons. The van der Waals surface area contributed by atoms with E-state index in [1.165, 1.54) is 6.33 Å². The summed E-state index contributed by atoms with van der Waals surface area (Å²) in [5.41, 5.74) is 5.10. The maximum Gasteiger partial charge on any atom is 0.298 e. The Morgan fingerprint density at radius 1 is 0.966 bits per heavy atom. The Hall–Kier alpha value is -3.94. The number of imidazole rings is 1. The van der Waals surface area contributed by atoms with E-state index in [1.54, 1.807) is 20.4 Å². The summed E-state index contributed by atoms with van der Waals surface area (Å²) in [7, 11) is 3.21. The van der Waals surface area contributed by atoms with Gasteiger partial charge in [0, 0.05) is 6.20 Å². The largest absolute Gasteiger partial charge is 0.479 e. The zero-order valence-electron chi connectivity index (χ0n) is 16.0. The van der Waals surface area contributed by atoms with Crippen molar-refractivity contribution in [2.45, 2.75) is 6.54 Å². The van der Waals surface area contributed by atoms with Gasteiger partial charge in [0.05, 0.1) is 43.7 Å². The third-order valence-corrected chi connectivity index (χ3v) is 4.83. The number of methoxy groups -OCH3 is 2. The number of ether oxygens (including phenoxy) is 2. The second kappa shape index (κ2) is 6.90. The molecule has 8 heteroatoms. The van der Waals surface area contributed by atoms with Crippen molar-refractivity contribution in [1.29, 1.82) is 0 Å². The second-order valence-corrected chi connectivity index (χ2v) is 6.51. The van der Waals surface area contributed by atoms with Crippen LogP contribution in [0.5, 0.6) is 11.9 Å². The molecule has 0 atom stereocenters. The zero-order valence-corrected chi connectivity index (χ0v) is 16.0. The molecule has 0 bridgehead atoms. The highest BCUT2D eigenvalue weighted by Gasteiger charge is 2.16. The zero-order chi connectivity index (χ0) is 19.8. The van der Waals surface area contributed by atoms with E-state index < -0.39 is 0 Å². The monoisotopic (exact) mass is 386 g/mol. The molecule has 29 heavy (non-hydrogen) atoms. The lowest BCUT2D eigenvalue weighted by Crippen LogP contribution is -2.03. The van der Waals surface area contributed by atoms with Gasteiger partial charge in [-0.15, -0.1) is 0 Å². The molecule has 1 aromatic carbocycles. The van der Waals surface area contributed by atoms with Gasteiger partial charge in [-0.25, -0.2) is 9.97 Å². The van der Waals surface area contributed by atoms with Crippen molar-refractivity contribution >= 4 is 22.2 Å². The molecule has 0 spiro atoms. The number of hydrogen-bond acceptors (Lipinski definition) is 6. The third-order valence-electron chi connectivity index (χ3n) is 4.83. The predicted octanol–water partition coefficient (Wildman–Crippen LogP) is 3.23. The van der Waals surface area contributed by atoms with Gasteiger partial charge in [0.25, 0.3) is 6.01 Å². The topological polar surface area (TPSA) is 79.9 Å². The van der Waals surface area contributed by atoms with Crippen molar-refractivity contribution in [2.24, 2.45) is 0 Å². The first-order chi connectivity index (χ1) is 14.3. The van der Waals surface area contributed by atoms with Gasteiger partial charge in [0.15, 0.2) is 5.65 Å². The highest BCUT2D eigenvalue weighted by Crippen LogP contribution is 2.28. The summed E-state index contributed by atoms with van der Waals surface area (Å²) in [6, 6.07) is 14.7. The molecule has 0 saturated heterocycles. The normalized spacial score (nSPS) is 11.2. The SMILES string of the molecule is COc1ncnc2ccn(-c3cnc4nc(OC)n(Cc5ccccc5)c4c3)c12. The molecule has 8 nitrogen and oxygen atoms in total. The second-order valence-electron chi connectivity index (χ2n) is 6.51. The van der Waals surface area contributed by atoms with Gasteiger partial charge in [0.1, 0.15) is 11.8 Å². The molecule has 0 amide bonds. The molecular formula is C21H18N6O2. The fraction of sp³-hybridized carbons (Fsp3) is 0.143. The Balaban J connectivity index is 1.68. The summed E-state index contributed by atoms with van der Waals surface area (Å²) in [6.45, 7) is 0.629. The van der Waals surface area contributed by atoms with Crippen LogP contribution in [0.15, 0.2) is 61.2 Å². The van der Waals surface area contributed by atoms with Crippen LogP contribution in [-0.4, -0.2) is 43.3 Å². The van der Waals surface area contributed by atoms with Crippen molar-refractivity contribution in [1.82, 2.24) is 29.1 Å². The first kappa shape index (κ1) is 17.2. The summed E-state index contributed by atoms with van der Waals surface area (Å²) >= 11 is 0. The van der Waals surface area contributed by atoms with Crippen molar-refractivity contribution in [2.75, 3.05) is 14.2 Å². The molecule has 5 rings (SSSR count). The van der Waals surface area contributed by atoms with E-state index in [0.29, 0.717) is 24.1 Å². The van der Waals surface area contributed by atoms with Crippen molar-refractivity contribution < 1.29 is 9.47 Å². The van der Waals surface area contributed by atoms with E-state index in [9.17, 15) is 0 Å². The lowest BCUT2D eigenvalue weighted by molar-refractivity contribution is 0.364. The Morgan fingerprint density at radius 2 is 1.83 bits per heavy atom. The number of rotatable bonds is 5. The number of hydrogen-bond donors (Lipinski definition) is 0. The summed E-state index contributed by atoms with van der Waals surface area (Å²) in [5, 5.41) is 0. The molecule has 0 N–H and O–H groups in total. The van der Waals surface area contributed by atoms with Gasteiger partial charge in [-0.1, -0.05) is 30.3 Å². The van der Waals surface area contributed by atoms with Crippen LogP contribution in [-0.2, 0) is 6.54 Å². The van der Waals surface area contributed by atoms with Gasteiger partial charge >= 0.3 is 0 Å². The van der Waals surface area contributed by atoms with Crippen LogP contribution < -0.4 is 9.47 Å². The Kier molecular flexibility index (Phi) is 4.09. The van der Waals surface area contributed by atoms with Crippen LogP contribution >= 0.6 is 0 Å². The van der Waals surface area contributed by atoms with Gasteiger partial charge in [0.2, 0.25) is 5.88 Å². The first-order valence-corrected chi connectivity index (χ1v) is 9.09. The quantitative estimate of drug-likeness (QED) is 0.461. The van der Waals surface area contributed by atoms with E-state index in [0.717, 1.165) is 27.8 Å². The smallest absolute Gasteiger partial charge is 0.298 e.